The zero-order valence-corrected chi connectivity index (χ0v) is 10.4. The van der Waals surface area contributed by atoms with Crippen molar-refractivity contribution in [2.75, 3.05) is 14.2 Å². The van der Waals surface area contributed by atoms with Crippen LogP contribution in [-0.2, 0) is 19.1 Å². The zero-order valence-electron chi connectivity index (χ0n) is 10.4. The van der Waals surface area contributed by atoms with E-state index in [1.54, 1.807) is 24.3 Å². The van der Waals surface area contributed by atoms with Gasteiger partial charge in [-0.25, -0.2) is 9.79 Å². The van der Waals surface area contributed by atoms with Crippen molar-refractivity contribution in [3.8, 4) is 0 Å². The average Bonchev–Trinajstić information content (AvgIpc) is 2.45. The molecule has 6 heteroatoms. The van der Waals surface area contributed by atoms with Crippen molar-refractivity contribution < 1.29 is 23.9 Å². The molecule has 0 saturated carbocycles. The molecule has 98 valence electrons. The van der Waals surface area contributed by atoms with Gasteiger partial charge in [0, 0.05) is 5.56 Å². The first-order valence-electron chi connectivity index (χ1n) is 5.48. The van der Waals surface area contributed by atoms with E-state index in [4.69, 9.17) is 0 Å². The lowest BCUT2D eigenvalue weighted by Crippen LogP contribution is -2.39. The van der Waals surface area contributed by atoms with Crippen LogP contribution in [0, 0.1) is 5.92 Å². The number of methoxy groups -OCH3 is 2. The standard InChI is InChI=1S/C13H11NO5/c1-18-12(16)9-10(13(17)19-2)14-8-6-4-3-5-7(8)11(9)15/h3-6,9H,1-2H3/t9-/m1/s1. The first-order chi connectivity index (χ1) is 9.10. The molecule has 2 rings (SSSR count). The summed E-state index contributed by atoms with van der Waals surface area (Å²) < 4.78 is 9.10. The molecule has 0 spiro atoms. The molecule has 0 bridgehead atoms. The van der Waals surface area contributed by atoms with E-state index >= 15 is 0 Å². The number of Topliss-reactive ketones (excluding diaryl/α,β-unsaturated/α-hetero) is 1. The molecule has 1 aliphatic heterocycles. The number of rotatable bonds is 2. The lowest BCUT2D eigenvalue weighted by Gasteiger charge is -2.20. The molecule has 19 heavy (non-hydrogen) atoms. The molecule has 0 unspecified atom stereocenters. The minimum Gasteiger partial charge on any atom is -0.468 e. The second kappa shape index (κ2) is 5.01. The number of carbonyl (C=O) groups excluding carboxylic acids is 3. The highest BCUT2D eigenvalue weighted by Gasteiger charge is 2.41. The van der Waals surface area contributed by atoms with Crippen molar-refractivity contribution in [1.82, 2.24) is 0 Å². The number of benzene rings is 1. The third kappa shape index (κ3) is 2.12. The number of hydrogen-bond acceptors (Lipinski definition) is 6. The lowest BCUT2D eigenvalue weighted by atomic mass is 9.89. The molecule has 1 aromatic carbocycles. The number of ketones is 1. The monoisotopic (exact) mass is 261 g/mol. The maximum atomic E-state index is 12.3. The summed E-state index contributed by atoms with van der Waals surface area (Å²) in [5.41, 5.74) is 0.372. The number of esters is 2. The topological polar surface area (TPSA) is 82.0 Å². The normalized spacial score (nSPS) is 17.3. The summed E-state index contributed by atoms with van der Waals surface area (Å²) in [5, 5.41) is 0. The first-order valence-corrected chi connectivity index (χ1v) is 5.48. The van der Waals surface area contributed by atoms with Gasteiger partial charge in [0.05, 0.1) is 19.9 Å². The molecule has 1 heterocycles. The van der Waals surface area contributed by atoms with Gasteiger partial charge in [0.25, 0.3) is 0 Å². The van der Waals surface area contributed by atoms with Crippen LogP contribution in [0.1, 0.15) is 10.4 Å². The Balaban J connectivity index is 2.59. The molecular weight excluding hydrogens is 250 g/mol. The van der Waals surface area contributed by atoms with E-state index in [2.05, 4.69) is 14.5 Å². The summed E-state index contributed by atoms with van der Waals surface area (Å²) >= 11 is 0. The van der Waals surface area contributed by atoms with Crippen molar-refractivity contribution in [3.63, 3.8) is 0 Å². The number of nitrogens with zero attached hydrogens (tertiary/aromatic N) is 1. The molecule has 6 nitrogen and oxygen atoms in total. The van der Waals surface area contributed by atoms with Crippen LogP contribution in [0.25, 0.3) is 0 Å². The van der Waals surface area contributed by atoms with Gasteiger partial charge in [0.1, 0.15) is 5.71 Å². The SMILES string of the molecule is COC(=O)C1=Nc2ccccc2C(=O)[C@@H]1C(=O)OC. The minimum absolute atomic E-state index is 0.252. The van der Waals surface area contributed by atoms with Crippen LogP contribution in [0.2, 0.25) is 0 Å². The van der Waals surface area contributed by atoms with Crippen molar-refractivity contribution in [1.29, 1.82) is 0 Å². The van der Waals surface area contributed by atoms with Crippen LogP contribution in [0.15, 0.2) is 29.3 Å². The Morgan fingerprint density at radius 1 is 1.16 bits per heavy atom. The van der Waals surface area contributed by atoms with Crippen LogP contribution in [-0.4, -0.2) is 37.7 Å². The van der Waals surface area contributed by atoms with Gasteiger partial charge in [0.15, 0.2) is 11.7 Å². The molecule has 0 radical (unpaired) electrons. The molecule has 0 saturated heterocycles. The second-order valence-electron chi connectivity index (χ2n) is 3.83. The Hall–Kier alpha value is -2.50. The van der Waals surface area contributed by atoms with Gasteiger partial charge in [-0.15, -0.1) is 0 Å². The van der Waals surface area contributed by atoms with Crippen LogP contribution in [0.5, 0.6) is 0 Å². The summed E-state index contributed by atoms with van der Waals surface area (Å²) in [5.74, 6) is -3.54. The Kier molecular flexibility index (Phi) is 3.41. The van der Waals surface area contributed by atoms with Crippen molar-refractivity contribution in [2.45, 2.75) is 0 Å². The van der Waals surface area contributed by atoms with E-state index in [0.717, 1.165) is 14.2 Å². The first kappa shape index (κ1) is 12.9. The molecule has 1 aromatic rings. The largest absolute Gasteiger partial charge is 0.468 e. The molecule has 0 aromatic heterocycles. The van der Waals surface area contributed by atoms with Gasteiger partial charge in [-0.2, -0.15) is 0 Å². The highest BCUT2D eigenvalue weighted by Crippen LogP contribution is 2.29. The number of ether oxygens (including phenoxy) is 2. The Bertz CT molecular complexity index is 590. The third-order valence-electron chi connectivity index (χ3n) is 2.78. The number of hydrogen-bond donors (Lipinski definition) is 0. The summed E-state index contributed by atoms with van der Waals surface area (Å²) in [6.45, 7) is 0. The smallest absolute Gasteiger partial charge is 0.353 e. The Labute approximate surface area is 109 Å². The van der Waals surface area contributed by atoms with E-state index < -0.39 is 23.6 Å². The van der Waals surface area contributed by atoms with Crippen LogP contribution in [0.3, 0.4) is 0 Å². The number of carbonyl (C=O) groups is 3. The maximum absolute atomic E-state index is 12.3. The van der Waals surface area contributed by atoms with Gasteiger partial charge < -0.3 is 9.47 Å². The fourth-order valence-electron chi connectivity index (χ4n) is 1.86. The van der Waals surface area contributed by atoms with E-state index in [9.17, 15) is 14.4 Å². The minimum atomic E-state index is -1.37. The van der Waals surface area contributed by atoms with Crippen molar-refractivity contribution in [3.05, 3.63) is 29.8 Å². The lowest BCUT2D eigenvalue weighted by molar-refractivity contribution is -0.143. The van der Waals surface area contributed by atoms with E-state index in [1.807, 2.05) is 0 Å². The fourth-order valence-corrected chi connectivity index (χ4v) is 1.86. The highest BCUT2D eigenvalue weighted by atomic mass is 16.5. The van der Waals surface area contributed by atoms with Gasteiger partial charge in [0.2, 0.25) is 0 Å². The molecule has 0 fully saturated rings. The van der Waals surface area contributed by atoms with E-state index in [0.29, 0.717) is 5.69 Å². The number of fused-ring (bicyclic) bond motifs is 1. The summed E-state index contributed by atoms with van der Waals surface area (Å²) in [7, 11) is 2.30. The van der Waals surface area contributed by atoms with E-state index in [1.165, 1.54) is 0 Å². The fraction of sp³-hybridized carbons (Fsp3) is 0.231. The van der Waals surface area contributed by atoms with Gasteiger partial charge >= 0.3 is 11.9 Å². The average molecular weight is 261 g/mol. The third-order valence-corrected chi connectivity index (χ3v) is 2.78. The van der Waals surface area contributed by atoms with E-state index in [-0.39, 0.29) is 11.3 Å². The number of para-hydroxylation sites is 1. The molecule has 1 atom stereocenters. The van der Waals surface area contributed by atoms with Crippen LogP contribution < -0.4 is 0 Å². The summed E-state index contributed by atoms with van der Waals surface area (Å²) in [6.07, 6.45) is 0. The van der Waals surface area contributed by atoms with Gasteiger partial charge in [-0.05, 0) is 12.1 Å². The Morgan fingerprint density at radius 2 is 1.84 bits per heavy atom. The highest BCUT2D eigenvalue weighted by molar-refractivity contribution is 6.48. The predicted molar refractivity (Wildman–Crippen MR) is 65.4 cm³/mol. The number of aliphatic imine (C=N–C) groups is 1. The maximum Gasteiger partial charge on any atom is 0.353 e. The quantitative estimate of drug-likeness (QED) is 0.584. The predicted octanol–water partition coefficient (Wildman–Crippen LogP) is 0.918. The van der Waals surface area contributed by atoms with Gasteiger partial charge in [-0.1, -0.05) is 12.1 Å². The molecular formula is C13H11NO5. The van der Waals surface area contributed by atoms with Crippen molar-refractivity contribution >= 4 is 29.1 Å². The van der Waals surface area contributed by atoms with Crippen LogP contribution >= 0.6 is 0 Å². The summed E-state index contributed by atoms with van der Waals surface area (Å²) in [6, 6.07) is 6.47. The second-order valence-corrected chi connectivity index (χ2v) is 3.83. The van der Waals surface area contributed by atoms with Gasteiger partial charge in [-0.3, -0.25) is 9.59 Å². The molecule has 0 amide bonds. The van der Waals surface area contributed by atoms with Crippen LogP contribution in [0.4, 0.5) is 5.69 Å². The summed E-state index contributed by atoms with van der Waals surface area (Å²) in [4.78, 5) is 39.6. The molecule has 1 aliphatic rings. The molecule has 0 aliphatic carbocycles. The Morgan fingerprint density at radius 3 is 2.47 bits per heavy atom. The van der Waals surface area contributed by atoms with Crippen molar-refractivity contribution in [2.24, 2.45) is 10.9 Å². The molecule has 0 N–H and O–H groups in total. The zero-order chi connectivity index (χ0) is 14.0.